The van der Waals surface area contributed by atoms with E-state index in [1.165, 1.54) is 4.88 Å². The minimum atomic E-state index is -0.276. The van der Waals surface area contributed by atoms with Crippen molar-refractivity contribution in [3.63, 3.8) is 0 Å². The zero-order valence-electron chi connectivity index (χ0n) is 14.6. The molecule has 0 saturated carbocycles. The fraction of sp³-hybridized carbons (Fsp3) is 0.765. The van der Waals surface area contributed by atoms with E-state index in [9.17, 15) is 9.90 Å². The first kappa shape index (κ1) is 17.8. The van der Waals surface area contributed by atoms with Crippen LogP contribution in [0.2, 0.25) is 0 Å². The fourth-order valence-electron chi connectivity index (χ4n) is 3.76. The Morgan fingerprint density at radius 1 is 1.25 bits per heavy atom. The maximum atomic E-state index is 11.5. The van der Waals surface area contributed by atoms with Crippen LogP contribution in [0, 0.1) is 6.92 Å². The van der Waals surface area contributed by atoms with Crippen LogP contribution in [0.25, 0.3) is 0 Å². The molecule has 3 rings (SSSR count). The molecule has 0 unspecified atom stereocenters. The molecule has 0 aromatic carbocycles. The molecule has 134 valence electrons. The largest absolute Gasteiger partial charge is 0.391 e. The molecule has 0 spiro atoms. The lowest BCUT2D eigenvalue weighted by molar-refractivity contribution is -0.131. The van der Waals surface area contributed by atoms with Crippen LogP contribution in [-0.4, -0.2) is 82.1 Å². The predicted octanol–water partition coefficient (Wildman–Crippen LogP) is 0.941. The first-order valence-electron chi connectivity index (χ1n) is 8.83. The molecule has 7 heteroatoms. The molecule has 1 aromatic heterocycles. The van der Waals surface area contributed by atoms with Crippen molar-refractivity contribution in [2.24, 2.45) is 0 Å². The molecular formula is C17H28N4O2S. The van der Waals surface area contributed by atoms with Gasteiger partial charge in [-0.3, -0.25) is 14.6 Å². The molecule has 0 radical (unpaired) electrons. The van der Waals surface area contributed by atoms with Gasteiger partial charge in [-0.25, -0.2) is 4.98 Å². The highest BCUT2D eigenvalue weighted by atomic mass is 32.1. The molecule has 0 aliphatic carbocycles. The van der Waals surface area contributed by atoms with Crippen molar-refractivity contribution in [3.8, 4) is 0 Å². The number of rotatable bonds is 3. The second kappa shape index (κ2) is 7.91. The van der Waals surface area contributed by atoms with Crippen LogP contribution in [0.5, 0.6) is 0 Å². The number of thiazole rings is 1. The minimum absolute atomic E-state index is 0.155. The van der Waals surface area contributed by atoms with Crippen LogP contribution in [0.3, 0.4) is 0 Å². The van der Waals surface area contributed by atoms with E-state index >= 15 is 0 Å². The first-order valence-corrected chi connectivity index (χ1v) is 9.71. The topological polar surface area (TPSA) is 59.9 Å². The van der Waals surface area contributed by atoms with Crippen LogP contribution in [0.15, 0.2) is 5.51 Å². The summed E-state index contributed by atoms with van der Waals surface area (Å²) in [6.07, 6.45) is 1.52. The number of likely N-dealkylation sites (tertiary alicyclic amines) is 1. The van der Waals surface area contributed by atoms with Gasteiger partial charge >= 0.3 is 0 Å². The van der Waals surface area contributed by atoms with Gasteiger partial charge in [-0.15, -0.1) is 11.3 Å². The predicted molar refractivity (Wildman–Crippen MR) is 95.0 cm³/mol. The van der Waals surface area contributed by atoms with Crippen molar-refractivity contribution in [2.75, 3.05) is 39.3 Å². The number of carbonyl (C=O) groups is 1. The van der Waals surface area contributed by atoms with E-state index in [2.05, 4.69) is 21.7 Å². The van der Waals surface area contributed by atoms with Crippen LogP contribution in [-0.2, 0) is 11.3 Å². The normalized spacial score (nSPS) is 27.2. The van der Waals surface area contributed by atoms with Crippen molar-refractivity contribution in [3.05, 3.63) is 16.1 Å². The summed E-state index contributed by atoms with van der Waals surface area (Å²) in [5, 5.41) is 10.6. The first-order chi connectivity index (χ1) is 11.5. The van der Waals surface area contributed by atoms with Gasteiger partial charge in [0.25, 0.3) is 0 Å². The molecule has 2 fully saturated rings. The second-order valence-corrected chi connectivity index (χ2v) is 7.83. The SMILES string of the molecule is CC(=O)N1CCN([C@H]2CCN(Cc3scnc3C)CC[C@@H]2O)CC1. The number of piperazine rings is 1. The van der Waals surface area contributed by atoms with E-state index in [0.717, 1.165) is 64.3 Å². The highest BCUT2D eigenvalue weighted by Gasteiger charge is 2.32. The van der Waals surface area contributed by atoms with Gasteiger partial charge in [0.05, 0.1) is 17.3 Å². The van der Waals surface area contributed by atoms with Gasteiger partial charge in [0.15, 0.2) is 0 Å². The number of hydrogen-bond acceptors (Lipinski definition) is 6. The smallest absolute Gasteiger partial charge is 0.219 e. The maximum Gasteiger partial charge on any atom is 0.219 e. The number of aromatic nitrogens is 1. The zero-order chi connectivity index (χ0) is 17.1. The molecule has 2 atom stereocenters. The average molecular weight is 353 g/mol. The lowest BCUT2D eigenvalue weighted by Crippen LogP contribution is -2.54. The Bertz CT molecular complexity index is 557. The molecule has 24 heavy (non-hydrogen) atoms. The lowest BCUT2D eigenvalue weighted by atomic mass is 10.0. The van der Waals surface area contributed by atoms with Gasteiger partial charge in [0, 0.05) is 63.7 Å². The third-order valence-electron chi connectivity index (χ3n) is 5.37. The van der Waals surface area contributed by atoms with Crippen molar-refractivity contribution in [1.29, 1.82) is 0 Å². The number of aliphatic hydroxyl groups excluding tert-OH is 1. The van der Waals surface area contributed by atoms with E-state index < -0.39 is 0 Å². The fourth-order valence-corrected chi connectivity index (χ4v) is 4.58. The molecule has 2 aliphatic heterocycles. The molecule has 1 N–H and O–H groups in total. The Hall–Kier alpha value is -1.02. The van der Waals surface area contributed by atoms with Crippen molar-refractivity contribution in [1.82, 2.24) is 19.7 Å². The molecular weight excluding hydrogens is 324 g/mol. The van der Waals surface area contributed by atoms with Gasteiger partial charge in [0.1, 0.15) is 0 Å². The number of carbonyl (C=O) groups excluding carboxylic acids is 1. The molecule has 1 aromatic rings. The van der Waals surface area contributed by atoms with E-state index in [-0.39, 0.29) is 18.1 Å². The molecule has 2 aliphatic rings. The Labute approximate surface area is 148 Å². The summed E-state index contributed by atoms with van der Waals surface area (Å²) in [5.74, 6) is 0.155. The monoisotopic (exact) mass is 352 g/mol. The Balaban J connectivity index is 1.55. The zero-order valence-corrected chi connectivity index (χ0v) is 15.5. The van der Waals surface area contributed by atoms with E-state index in [1.54, 1.807) is 18.3 Å². The summed E-state index contributed by atoms with van der Waals surface area (Å²) >= 11 is 1.72. The molecule has 6 nitrogen and oxygen atoms in total. The Morgan fingerprint density at radius 3 is 2.58 bits per heavy atom. The summed E-state index contributed by atoms with van der Waals surface area (Å²) in [4.78, 5) is 23.9. The van der Waals surface area contributed by atoms with Gasteiger partial charge in [-0.2, -0.15) is 0 Å². The minimum Gasteiger partial charge on any atom is -0.391 e. The van der Waals surface area contributed by atoms with E-state index in [1.807, 2.05) is 10.4 Å². The van der Waals surface area contributed by atoms with Crippen molar-refractivity contribution in [2.45, 2.75) is 45.4 Å². The van der Waals surface area contributed by atoms with Gasteiger partial charge in [-0.05, 0) is 19.8 Å². The third-order valence-corrected chi connectivity index (χ3v) is 6.29. The molecule has 2 saturated heterocycles. The number of hydrogen-bond donors (Lipinski definition) is 1. The average Bonchev–Trinajstić information content (AvgIpc) is 2.87. The van der Waals surface area contributed by atoms with Crippen LogP contribution >= 0.6 is 11.3 Å². The van der Waals surface area contributed by atoms with E-state index in [0.29, 0.717) is 0 Å². The Kier molecular flexibility index (Phi) is 5.86. The molecule has 0 bridgehead atoms. The van der Waals surface area contributed by atoms with Crippen molar-refractivity contribution >= 4 is 17.2 Å². The maximum absolute atomic E-state index is 11.5. The number of nitrogens with zero attached hydrogens (tertiary/aromatic N) is 4. The van der Waals surface area contributed by atoms with Crippen LogP contribution < -0.4 is 0 Å². The standard InChI is InChI=1S/C17H28N4O2S/c1-13-17(24-12-18-13)11-19-5-3-15(16(23)4-6-19)21-9-7-20(8-10-21)14(2)22/h12,15-16,23H,3-11H2,1-2H3/t15-,16-/m0/s1. The number of aryl methyl sites for hydroxylation is 1. The number of amides is 1. The lowest BCUT2D eigenvalue weighted by Gasteiger charge is -2.40. The van der Waals surface area contributed by atoms with Gasteiger partial charge in [-0.1, -0.05) is 0 Å². The van der Waals surface area contributed by atoms with Gasteiger partial charge in [0.2, 0.25) is 5.91 Å². The highest BCUT2D eigenvalue weighted by molar-refractivity contribution is 7.09. The summed E-state index contributed by atoms with van der Waals surface area (Å²) in [7, 11) is 0. The van der Waals surface area contributed by atoms with Gasteiger partial charge < -0.3 is 10.0 Å². The summed E-state index contributed by atoms with van der Waals surface area (Å²) in [6.45, 7) is 9.88. The number of aliphatic hydroxyl groups is 1. The molecule has 3 heterocycles. The van der Waals surface area contributed by atoms with Crippen molar-refractivity contribution < 1.29 is 9.90 Å². The van der Waals surface area contributed by atoms with Crippen LogP contribution in [0.4, 0.5) is 0 Å². The third kappa shape index (κ3) is 4.14. The second-order valence-electron chi connectivity index (χ2n) is 6.89. The van der Waals surface area contributed by atoms with E-state index in [4.69, 9.17) is 0 Å². The quantitative estimate of drug-likeness (QED) is 0.877. The summed E-state index contributed by atoms with van der Waals surface area (Å²) in [5.41, 5.74) is 3.04. The van der Waals surface area contributed by atoms with Crippen LogP contribution in [0.1, 0.15) is 30.3 Å². The molecule has 1 amide bonds. The Morgan fingerprint density at radius 2 is 1.96 bits per heavy atom. The summed E-state index contributed by atoms with van der Waals surface area (Å²) < 4.78 is 0. The summed E-state index contributed by atoms with van der Waals surface area (Å²) in [6, 6.07) is 0.215. The highest BCUT2D eigenvalue weighted by Crippen LogP contribution is 2.22.